The fourth-order valence-corrected chi connectivity index (χ4v) is 7.43. The van der Waals surface area contributed by atoms with Crippen LogP contribution in [-0.2, 0) is 25.7 Å². The van der Waals surface area contributed by atoms with Crippen LogP contribution in [0.5, 0.6) is 23.0 Å². The lowest BCUT2D eigenvalue weighted by Gasteiger charge is -2.25. The predicted molar refractivity (Wildman–Crippen MR) is 176 cm³/mol. The zero-order valence-corrected chi connectivity index (χ0v) is 27.1. The molecule has 6 heteroatoms. The summed E-state index contributed by atoms with van der Waals surface area (Å²) in [5, 5.41) is 0. The summed E-state index contributed by atoms with van der Waals surface area (Å²) in [6.07, 6.45) is 9.00. The van der Waals surface area contributed by atoms with Gasteiger partial charge in [-0.15, -0.1) is 0 Å². The van der Waals surface area contributed by atoms with Gasteiger partial charge in [-0.3, -0.25) is 0 Å². The Labute approximate surface area is 254 Å². The Hall–Kier alpha value is -3.06. The van der Waals surface area contributed by atoms with Crippen molar-refractivity contribution in [1.29, 1.82) is 0 Å². The zero-order chi connectivity index (χ0) is 29.1. The Bertz CT molecular complexity index is 1480. The molecule has 2 atom stereocenters. The maximum Gasteiger partial charge on any atom is 0.275 e. The molecule has 2 aliphatic rings. The van der Waals surface area contributed by atoms with E-state index in [4.69, 9.17) is 18.1 Å². The molecule has 0 aromatic heterocycles. The van der Waals surface area contributed by atoms with Gasteiger partial charge < -0.3 is 18.1 Å². The first kappa shape index (κ1) is 29.0. The predicted octanol–water partition coefficient (Wildman–Crippen LogP) is 10.3. The molecule has 6 rings (SSSR count). The van der Waals surface area contributed by atoms with Gasteiger partial charge in [-0.1, -0.05) is 48.5 Å². The van der Waals surface area contributed by atoms with Gasteiger partial charge in [0.25, 0.3) is 18.1 Å². The van der Waals surface area contributed by atoms with Gasteiger partial charge in [-0.05, 0) is 136 Å². The van der Waals surface area contributed by atoms with Crippen molar-refractivity contribution in [3.63, 3.8) is 0 Å². The molecule has 0 saturated heterocycles. The number of hydrogen-bond acceptors (Lipinski definition) is 4. The molecule has 4 aromatic rings. The van der Waals surface area contributed by atoms with Gasteiger partial charge in [-0.25, -0.2) is 0 Å². The second-order valence-electron chi connectivity index (χ2n) is 11.7. The summed E-state index contributed by atoms with van der Waals surface area (Å²) in [7, 11) is -0.278. The van der Waals surface area contributed by atoms with E-state index in [1.807, 2.05) is 0 Å². The van der Waals surface area contributed by atoms with Crippen LogP contribution >= 0.6 is 18.1 Å². The quantitative estimate of drug-likeness (QED) is 0.180. The van der Waals surface area contributed by atoms with Crippen LogP contribution in [0.15, 0.2) is 60.7 Å². The van der Waals surface area contributed by atoms with Crippen molar-refractivity contribution in [2.75, 3.05) is 0 Å². The van der Waals surface area contributed by atoms with Crippen LogP contribution in [0.2, 0.25) is 0 Å². The van der Waals surface area contributed by atoms with Gasteiger partial charge in [0.2, 0.25) is 0 Å². The van der Waals surface area contributed by atoms with Crippen LogP contribution < -0.4 is 18.1 Å². The van der Waals surface area contributed by atoms with E-state index in [0.29, 0.717) is 0 Å². The fourth-order valence-electron chi connectivity index (χ4n) is 6.09. The summed E-state index contributed by atoms with van der Waals surface area (Å²) in [5.41, 5.74) is 12.1. The minimum absolute atomic E-state index is 0.139. The highest BCUT2D eigenvalue weighted by Crippen LogP contribution is 2.48. The van der Waals surface area contributed by atoms with Gasteiger partial charge in [0.15, 0.2) is 0 Å². The molecule has 4 nitrogen and oxygen atoms in total. The summed E-state index contributed by atoms with van der Waals surface area (Å²) >= 11 is 0. The molecule has 0 saturated carbocycles. The molecule has 0 aliphatic heterocycles. The Morgan fingerprint density at radius 1 is 0.476 bits per heavy atom. The van der Waals surface area contributed by atoms with Gasteiger partial charge in [0.1, 0.15) is 23.0 Å². The average molecular weight is 599 g/mol. The van der Waals surface area contributed by atoms with Gasteiger partial charge in [0.05, 0.1) is 0 Å². The summed E-state index contributed by atoms with van der Waals surface area (Å²) < 4.78 is 25.7. The van der Waals surface area contributed by atoms with Crippen LogP contribution in [0.25, 0.3) is 11.1 Å². The minimum atomic E-state index is -0.139. The van der Waals surface area contributed by atoms with E-state index >= 15 is 0 Å². The largest absolute Gasteiger partial charge is 0.440 e. The molecule has 0 amide bonds. The smallest absolute Gasteiger partial charge is 0.275 e. The lowest BCUT2D eigenvalue weighted by molar-refractivity contribution is 0.501. The maximum absolute atomic E-state index is 6.61. The third-order valence-electron chi connectivity index (χ3n) is 8.53. The molecule has 2 aliphatic carbocycles. The summed E-state index contributed by atoms with van der Waals surface area (Å²) in [5.74, 6) is 3.63. The first-order chi connectivity index (χ1) is 20.5. The monoisotopic (exact) mass is 598 g/mol. The first-order valence-electron chi connectivity index (χ1n) is 15.1. The highest BCUT2D eigenvalue weighted by atomic mass is 31.1. The average Bonchev–Trinajstić information content (AvgIpc) is 3.00. The molecule has 0 radical (unpaired) electrons. The van der Waals surface area contributed by atoms with E-state index in [0.717, 1.165) is 70.9 Å². The molecular weight excluding hydrogens is 558 g/mol. The molecule has 0 bridgehead atoms. The fraction of sp³-hybridized carbons (Fsp3) is 0.333. The van der Waals surface area contributed by atoms with Crippen molar-refractivity contribution in [3.8, 4) is 34.1 Å². The Morgan fingerprint density at radius 3 is 1.36 bits per heavy atom. The molecule has 0 fully saturated rings. The van der Waals surface area contributed by atoms with Crippen molar-refractivity contribution in [2.24, 2.45) is 0 Å². The van der Waals surface area contributed by atoms with Crippen molar-refractivity contribution in [1.82, 2.24) is 0 Å². The number of rotatable bonds is 9. The van der Waals surface area contributed by atoms with Crippen LogP contribution in [0.3, 0.4) is 0 Å². The zero-order valence-electron chi connectivity index (χ0n) is 25.1. The molecule has 0 heterocycles. The Morgan fingerprint density at radius 2 is 0.905 bits per heavy atom. The highest BCUT2D eigenvalue weighted by Gasteiger charge is 2.25. The summed E-state index contributed by atoms with van der Waals surface area (Å²) in [6, 6.07) is 21.6. The molecule has 218 valence electrons. The van der Waals surface area contributed by atoms with E-state index in [1.165, 1.54) is 59.1 Å². The van der Waals surface area contributed by atoms with Crippen molar-refractivity contribution < 1.29 is 18.1 Å². The third kappa shape index (κ3) is 6.31. The van der Waals surface area contributed by atoms with Gasteiger partial charge >= 0.3 is 0 Å². The van der Waals surface area contributed by atoms with E-state index in [1.54, 1.807) is 0 Å². The van der Waals surface area contributed by atoms with Crippen molar-refractivity contribution in [3.05, 3.63) is 105 Å². The van der Waals surface area contributed by atoms with E-state index in [9.17, 15) is 0 Å². The Balaban J connectivity index is 1.35. The van der Waals surface area contributed by atoms with Crippen molar-refractivity contribution in [2.45, 2.75) is 79.1 Å². The van der Waals surface area contributed by atoms with Gasteiger partial charge in [0, 0.05) is 11.1 Å². The topological polar surface area (TPSA) is 36.9 Å². The first-order valence-corrected chi connectivity index (χ1v) is 16.7. The lowest BCUT2D eigenvalue weighted by atomic mass is 9.85. The standard InChI is InChI=1S/C36H40O4P2/c1-23-13-15-25(3)33(21-23)37-41-39-35-29-11-7-5-9-27(29)17-19-31(35)32-20-18-28-10-6-8-12-30(28)36(32)40-42-38-34-22-24(2)14-16-26(34)4/h13-22,41-42H,5-12H2,1-4H3. The van der Waals surface area contributed by atoms with Gasteiger partial charge in [-0.2, -0.15) is 0 Å². The van der Waals surface area contributed by atoms with E-state index in [2.05, 4.69) is 88.4 Å². The second-order valence-corrected chi connectivity index (χ2v) is 12.8. The summed E-state index contributed by atoms with van der Waals surface area (Å²) in [4.78, 5) is 0. The SMILES string of the molecule is Cc1ccc(C)c(OPOc2c(-c3ccc4c(c3OPOc3cc(C)ccc3C)CCCC4)ccc3c2CCCC3)c1. The second kappa shape index (κ2) is 13.1. The van der Waals surface area contributed by atoms with Crippen LogP contribution in [0, 0.1) is 27.7 Å². The molecule has 42 heavy (non-hydrogen) atoms. The van der Waals surface area contributed by atoms with Crippen LogP contribution in [-0.4, -0.2) is 0 Å². The summed E-state index contributed by atoms with van der Waals surface area (Å²) in [6.45, 7) is 8.33. The minimum Gasteiger partial charge on any atom is -0.440 e. The number of aryl methyl sites for hydroxylation is 6. The highest BCUT2D eigenvalue weighted by molar-refractivity contribution is 7.27. The number of benzene rings is 4. The molecular formula is C36H40O4P2. The lowest BCUT2D eigenvalue weighted by Crippen LogP contribution is -2.08. The molecule has 4 aromatic carbocycles. The maximum atomic E-state index is 6.61. The van der Waals surface area contributed by atoms with Crippen molar-refractivity contribution >= 4 is 18.1 Å². The normalized spacial score (nSPS) is 14.7. The molecule has 2 unspecified atom stereocenters. The van der Waals surface area contributed by atoms with E-state index in [-0.39, 0.29) is 18.1 Å². The molecule has 0 spiro atoms. The number of fused-ring (bicyclic) bond motifs is 2. The van der Waals surface area contributed by atoms with Crippen LogP contribution in [0.4, 0.5) is 0 Å². The van der Waals surface area contributed by atoms with E-state index < -0.39 is 0 Å². The Kier molecular flexibility index (Phi) is 9.03. The molecule has 0 N–H and O–H groups in total. The number of hydrogen-bond donors (Lipinski definition) is 0. The van der Waals surface area contributed by atoms with Crippen LogP contribution in [0.1, 0.15) is 70.2 Å². The third-order valence-corrected chi connectivity index (χ3v) is 9.71.